The van der Waals surface area contributed by atoms with Crippen molar-refractivity contribution in [2.24, 2.45) is 0 Å². The van der Waals surface area contributed by atoms with Crippen LogP contribution in [0.15, 0.2) is 12.3 Å². The highest BCUT2D eigenvalue weighted by Gasteiger charge is 2.01. The molecule has 0 heterocycles. The fourth-order valence-corrected chi connectivity index (χ4v) is 1.36. The molecule has 0 saturated heterocycles. The van der Waals surface area contributed by atoms with Crippen molar-refractivity contribution in [1.29, 1.82) is 0 Å². The van der Waals surface area contributed by atoms with E-state index in [2.05, 4.69) is 6.92 Å². The Morgan fingerprint density at radius 1 is 0.905 bits per heavy atom. The van der Waals surface area contributed by atoms with Gasteiger partial charge in [-0.05, 0) is 25.3 Å². The molecule has 5 heteroatoms. The molecule has 0 aliphatic rings. The van der Waals surface area contributed by atoms with Crippen LogP contribution >= 0.6 is 0 Å². The highest BCUT2D eigenvalue weighted by molar-refractivity contribution is 5.69. The maximum atomic E-state index is 11.1. The third kappa shape index (κ3) is 16.9. The van der Waals surface area contributed by atoms with E-state index in [1.165, 1.54) is 0 Å². The largest absolute Gasteiger partial charge is 0.499 e. The molecule has 0 spiro atoms. The van der Waals surface area contributed by atoms with Crippen molar-refractivity contribution in [2.45, 2.75) is 46.0 Å². The Labute approximate surface area is 128 Å². The molecule has 5 nitrogen and oxygen atoms in total. The van der Waals surface area contributed by atoms with Crippen LogP contribution in [0.2, 0.25) is 0 Å². The lowest BCUT2D eigenvalue weighted by Crippen LogP contribution is -2.10. The van der Waals surface area contributed by atoms with Gasteiger partial charge in [0.15, 0.2) is 0 Å². The van der Waals surface area contributed by atoms with E-state index in [1.54, 1.807) is 6.26 Å². The Kier molecular flexibility index (Phi) is 16.1. The zero-order valence-electron chi connectivity index (χ0n) is 13.5. The van der Waals surface area contributed by atoms with Crippen LogP contribution in [0.5, 0.6) is 0 Å². The Bertz CT molecular complexity index is 253. The zero-order chi connectivity index (χ0) is 15.6. The van der Waals surface area contributed by atoms with Crippen molar-refractivity contribution in [1.82, 2.24) is 0 Å². The molecule has 0 atom stereocenters. The van der Waals surface area contributed by atoms with Gasteiger partial charge in [-0.1, -0.05) is 20.3 Å². The molecule has 0 aromatic carbocycles. The predicted molar refractivity (Wildman–Crippen MR) is 82.1 cm³/mol. The predicted octanol–water partition coefficient (Wildman–Crippen LogP) is 3.08. The summed E-state index contributed by atoms with van der Waals surface area (Å²) in [5.74, 6) is -0.208. The lowest BCUT2D eigenvalue weighted by atomic mass is 10.4. The molecule has 0 amide bonds. The Morgan fingerprint density at radius 3 is 2.48 bits per heavy atom. The molecule has 0 bridgehead atoms. The number of hydrogen-bond acceptors (Lipinski definition) is 5. The van der Waals surface area contributed by atoms with Gasteiger partial charge in [-0.3, -0.25) is 4.79 Å². The van der Waals surface area contributed by atoms with E-state index in [1.807, 2.05) is 13.0 Å². The van der Waals surface area contributed by atoms with Crippen LogP contribution in [0.3, 0.4) is 0 Å². The van der Waals surface area contributed by atoms with Crippen LogP contribution in [-0.4, -0.2) is 45.6 Å². The fourth-order valence-electron chi connectivity index (χ4n) is 1.36. The average Bonchev–Trinajstić information content (AvgIpc) is 2.49. The summed E-state index contributed by atoms with van der Waals surface area (Å²) < 4.78 is 20.9. The van der Waals surface area contributed by atoms with Gasteiger partial charge in [0.25, 0.3) is 0 Å². The smallest absolute Gasteiger partial charge is 0.308 e. The van der Waals surface area contributed by atoms with Crippen molar-refractivity contribution < 1.29 is 23.7 Å². The molecule has 0 unspecified atom stereocenters. The third-order valence-corrected chi connectivity index (χ3v) is 2.53. The summed E-state index contributed by atoms with van der Waals surface area (Å²) in [6, 6.07) is 0. The molecule has 124 valence electrons. The molecule has 21 heavy (non-hydrogen) atoms. The second-order valence-corrected chi connectivity index (χ2v) is 4.58. The number of esters is 1. The lowest BCUT2D eigenvalue weighted by Gasteiger charge is -2.05. The first-order chi connectivity index (χ1) is 10.3. The van der Waals surface area contributed by atoms with Crippen molar-refractivity contribution in [3.63, 3.8) is 0 Å². The van der Waals surface area contributed by atoms with Crippen LogP contribution in [-0.2, 0) is 23.7 Å². The summed E-state index contributed by atoms with van der Waals surface area (Å²) in [4.78, 5) is 11.1. The molecule has 0 N–H and O–H groups in total. The molecule has 0 aromatic heterocycles. The molecular formula is C16H30O5. The van der Waals surface area contributed by atoms with Gasteiger partial charge in [-0.15, -0.1) is 0 Å². The minimum absolute atomic E-state index is 0.208. The molecular weight excluding hydrogens is 272 g/mol. The highest BCUT2D eigenvalue weighted by Crippen LogP contribution is 1.92. The average molecular weight is 302 g/mol. The van der Waals surface area contributed by atoms with Gasteiger partial charge in [0, 0.05) is 6.61 Å². The molecule has 0 aliphatic heterocycles. The lowest BCUT2D eigenvalue weighted by molar-refractivity contribution is -0.144. The monoisotopic (exact) mass is 302 g/mol. The molecule has 0 radical (unpaired) electrons. The van der Waals surface area contributed by atoms with Gasteiger partial charge < -0.3 is 18.9 Å². The number of unbranched alkanes of at least 4 members (excludes halogenated alkanes) is 1. The first-order valence-electron chi connectivity index (χ1n) is 7.89. The Balaban J connectivity index is 3.16. The maximum absolute atomic E-state index is 11.1. The van der Waals surface area contributed by atoms with Gasteiger partial charge in [-0.2, -0.15) is 0 Å². The summed E-state index contributed by atoms with van der Waals surface area (Å²) in [5.41, 5.74) is 0. The number of carbonyl (C=O) groups excluding carboxylic acids is 1. The van der Waals surface area contributed by atoms with Crippen LogP contribution in [0.4, 0.5) is 0 Å². The van der Waals surface area contributed by atoms with E-state index in [9.17, 15) is 4.79 Å². The topological polar surface area (TPSA) is 54.0 Å². The summed E-state index contributed by atoms with van der Waals surface area (Å²) in [7, 11) is 0. The van der Waals surface area contributed by atoms with E-state index in [-0.39, 0.29) is 5.97 Å². The first-order valence-corrected chi connectivity index (χ1v) is 7.89. The second-order valence-electron chi connectivity index (χ2n) is 4.58. The van der Waals surface area contributed by atoms with Crippen LogP contribution in [0, 0.1) is 0 Å². The number of ether oxygens (including phenoxy) is 4. The van der Waals surface area contributed by atoms with Gasteiger partial charge in [0.2, 0.25) is 0 Å². The normalized spacial score (nSPS) is 11.0. The van der Waals surface area contributed by atoms with E-state index in [0.29, 0.717) is 32.8 Å². The molecule has 0 aromatic rings. The summed E-state index contributed by atoms with van der Waals surface area (Å²) in [5, 5.41) is 0. The van der Waals surface area contributed by atoms with Gasteiger partial charge >= 0.3 is 5.97 Å². The summed E-state index contributed by atoms with van der Waals surface area (Å²) >= 11 is 0. The number of hydrogen-bond donors (Lipinski definition) is 0. The minimum Gasteiger partial charge on any atom is -0.499 e. The van der Waals surface area contributed by atoms with Crippen LogP contribution in [0.25, 0.3) is 0 Å². The molecule has 0 rings (SSSR count). The number of rotatable bonds is 15. The fraction of sp³-hybridized carbons (Fsp3) is 0.812. The molecule has 0 aliphatic carbocycles. The molecule has 0 saturated carbocycles. The van der Waals surface area contributed by atoms with Crippen LogP contribution in [0.1, 0.15) is 46.0 Å². The SMILES string of the molecule is CCCCOCC/C=C/OCCOCCC(=O)OCCC. The minimum atomic E-state index is -0.208. The molecule has 0 fully saturated rings. The van der Waals surface area contributed by atoms with Gasteiger partial charge in [0.1, 0.15) is 6.61 Å². The van der Waals surface area contributed by atoms with Crippen molar-refractivity contribution in [3.05, 3.63) is 12.3 Å². The third-order valence-electron chi connectivity index (χ3n) is 2.53. The quantitative estimate of drug-likeness (QED) is 0.264. The van der Waals surface area contributed by atoms with Crippen molar-refractivity contribution in [2.75, 3.05) is 39.6 Å². The van der Waals surface area contributed by atoms with Crippen molar-refractivity contribution >= 4 is 5.97 Å². The Morgan fingerprint density at radius 2 is 1.71 bits per heavy atom. The number of carbonyl (C=O) groups is 1. The van der Waals surface area contributed by atoms with Crippen molar-refractivity contribution in [3.8, 4) is 0 Å². The highest BCUT2D eigenvalue weighted by atomic mass is 16.5. The van der Waals surface area contributed by atoms with Gasteiger partial charge in [0.05, 0.1) is 39.1 Å². The first kappa shape index (κ1) is 19.9. The van der Waals surface area contributed by atoms with E-state index in [4.69, 9.17) is 18.9 Å². The zero-order valence-corrected chi connectivity index (χ0v) is 13.5. The second kappa shape index (κ2) is 17.0. The van der Waals surface area contributed by atoms with E-state index >= 15 is 0 Å². The maximum Gasteiger partial charge on any atom is 0.308 e. The summed E-state index contributed by atoms with van der Waals surface area (Å²) in [6.45, 7) is 7.49. The summed E-state index contributed by atoms with van der Waals surface area (Å²) in [6.07, 6.45) is 7.88. The Hall–Kier alpha value is -1.07. The van der Waals surface area contributed by atoms with E-state index in [0.717, 1.165) is 38.9 Å². The van der Waals surface area contributed by atoms with E-state index < -0.39 is 0 Å². The van der Waals surface area contributed by atoms with Gasteiger partial charge in [-0.25, -0.2) is 0 Å². The standard InChI is InChI=1S/C16H30O5/c1-3-5-10-18-11-6-7-12-19-14-15-20-13-8-16(17)21-9-4-2/h7,12H,3-6,8-11,13-15H2,1-2H3/b12-7+. The van der Waals surface area contributed by atoms with Crippen LogP contribution < -0.4 is 0 Å².